The average Bonchev–Trinajstić information content (AvgIpc) is 3.46. The molecule has 1 aromatic heterocycles. The molecule has 240 valence electrons. The molecule has 0 amide bonds. The minimum absolute atomic E-state index is 0.0262. The van der Waals surface area contributed by atoms with Crippen LogP contribution in [0.5, 0.6) is 0 Å². The zero-order valence-electron chi connectivity index (χ0n) is 24.1. The highest BCUT2D eigenvalue weighted by Crippen LogP contribution is 2.40. The van der Waals surface area contributed by atoms with Gasteiger partial charge in [0.2, 0.25) is 10.0 Å². The van der Waals surface area contributed by atoms with Crippen LogP contribution in [0.4, 0.5) is 22.0 Å². The number of hydrogen-bond acceptors (Lipinski definition) is 7. The maximum Gasteiger partial charge on any atom is 0.417 e. The van der Waals surface area contributed by atoms with Gasteiger partial charge < -0.3 is 10.0 Å². The van der Waals surface area contributed by atoms with Gasteiger partial charge in [-0.15, -0.1) is 11.8 Å². The van der Waals surface area contributed by atoms with E-state index >= 15 is 0 Å². The highest BCUT2D eigenvalue weighted by molar-refractivity contribution is 7.99. The molecule has 0 saturated carbocycles. The average molecular weight is 652 g/mol. The summed E-state index contributed by atoms with van der Waals surface area (Å²) in [6, 6.07) is 3.74. The third-order valence-electron chi connectivity index (χ3n) is 8.34. The Bertz CT molecular complexity index is 1400. The number of rotatable bonds is 10. The topological polar surface area (TPSA) is 81.9 Å². The molecule has 3 aliphatic rings. The van der Waals surface area contributed by atoms with E-state index < -0.39 is 40.3 Å². The Labute approximate surface area is 253 Å². The molecular weight excluding hydrogens is 613 g/mol. The predicted molar refractivity (Wildman–Crippen MR) is 155 cm³/mol. The van der Waals surface area contributed by atoms with Crippen LogP contribution >= 0.6 is 11.8 Å². The molecule has 2 aromatic rings. The summed E-state index contributed by atoms with van der Waals surface area (Å²) in [6.45, 7) is 2.77. The van der Waals surface area contributed by atoms with Crippen LogP contribution in [0.15, 0.2) is 23.1 Å². The largest absolute Gasteiger partial charge is 0.417 e. The summed E-state index contributed by atoms with van der Waals surface area (Å²) in [5.74, 6) is -2.58. The number of halogens is 5. The normalized spacial score (nSPS) is 21.3. The second kappa shape index (κ2) is 12.9. The van der Waals surface area contributed by atoms with Crippen molar-refractivity contribution in [1.82, 2.24) is 23.9 Å². The van der Waals surface area contributed by atoms with Crippen molar-refractivity contribution in [2.45, 2.75) is 68.3 Å². The van der Waals surface area contributed by atoms with Gasteiger partial charge in [-0.25, -0.2) is 17.2 Å². The Balaban J connectivity index is 1.43. The number of hydrogen-bond donors (Lipinski definition) is 1. The van der Waals surface area contributed by atoms with E-state index in [9.17, 15) is 35.5 Å². The molecule has 0 radical (unpaired) electrons. The van der Waals surface area contributed by atoms with Gasteiger partial charge >= 0.3 is 6.18 Å². The van der Waals surface area contributed by atoms with Gasteiger partial charge in [0.15, 0.2) is 0 Å². The molecule has 3 aliphatic heterocycles. The summed E-state index contributed by atoms with van der Waals surface area (Å²) in [7, 11) is -3.53. The van der Waals surface area contributed by atoms with E-state index in [1.54, 1.807) is 9.58 Å². The van der Waals surface area contributed by atoms with E-state index in [-0.39, 0.29) is 49.8 Å². The number of piperidine rings is 1. The lowest BCUT2D eigenvalue weighted by molar-refractivity contribution is -0.139. The van der Waals surface area contributed by atoms with Gasteiger partial charge in [0.1, 0.15) is 0 Å². The first-order chi connectivity index (χ1) is 20.2. The standard InChI is InChI=1S/C28H38F5N5O3S2/c1-43(40,41)37-11-7-24-22(18-37)26(34-38(24)17-21(39)16-35-9-3-2-4-10-35)20-5-6-23(28(31,32)33)25(15-20)42-14-13-36-12-8-27(29,30)19-36/h5-6,15,21,39H,2-4,7-14,16-19H2,1H3. The fourth-order valence-electron chi connectivity index (χ4n) is 6.14. The Morgan fingerprint density at radius 1 is 1.07 bits per heavy atom. The van der Waals surface area contributed by atoms with E-state index in [2.05, 4.69) is 4.90 Å². The molecule has 1 unspecified atom stereocenters. The summed E-state index contributed by atoms with van der Waals surface area (Å²) in [4.78, 5) is 3.72. The first-order valence-electron chi connectivity index (χ1n) is 14.6. The van der Waals surface area contributed by atoms with Crippen molar-refractivity contribution in [1.29, 1.82) is 0 Å². The molecule has 5 rings (SSSR count). The molecule has 1 N–H and O–H groups in total. The van der Waals surface area contributed by atoms with Crippen molar-refractivity contribution in [3.05, 3.63) is 35.0 Å². The molecule has 0 bridgehead atoms. The van der Waals surface area contributed by atoms with Crippen LogP contribution < -0.4 is 0 Å². The number of likely N-dealkylation sites (tertiary alicyclic amines) is 2. The molecule has 2 fully saturated rings. The van der Waals surface area contributed by atoms with Crippen LogP contribution in [0.2, 0.25) is 0 Å². The molecule has 4 heterocycles. The van der Waals surface area contributed by atoms with Gasteiger partial charge in [0.25, 0.3) is 5.92 Å². The Morgan fingerprint density at radius 2 is 1.81 bits per heavy atom. The maximum absolute atomic E-state index is 14.0. The van der Waals surface area contributed by atoms with Crippen LogP contribution in [-0.2, 0) is 35.7 Å². The van der Waals surface area contributed by atoms with Crippen molar-refractivity contribution in [3.8, 4) is 11.3 Å². The molecular formula is C28H38F5N5O3S2. The first kappa shape index (κ1) is 32.6. The lowest BCUT2D eigenvalue weighted by Gasteiger charge is -2.29. The number of nitrogens with zero attached hydrogens (tertiary/aromatic N) is 5. The Morgan fingerprint density at radius 3 is 2.47 bits per heavy atom. The number of alkyl halides is 5. The number of thioether (sulfide) groups is 1. The van der Waals surface area contributed by atoms with Crippen LogP contribution in [-0.4, -0.2) is 107 Å². The van der Waals surface area contributed by atoms with Crippen LogP contribution in [0.25, 0.3) is 11.3 Å². The zero-order valence-corrected chi connectivity index (χ0v) is 25.8. The van der Waals surface area contributed by atoms with Crippen molar-refractivity contribution in [2.75, 3.05) is 57.8 Å². The lowest BCUT2D eigenvalue weighted by Crippen LogP contribution is -2.39. The Kier molecular flexibility index (Phi) is 9.79. The maximum atomic E-state index is 14.0. The number of aromatic nitrogens is 2. The fraction of sp³-hybridized carbons (Fsp3) is 0.679. The predicted octanol–water partition coefficient (Wildman–Crippen LogP) is 4.17. The smallest absolute Gasteiger partial charge is 0.390 e. The number of fused-ring (bicyclic) bond motifs is 1. The van der Waals surface area contributed by atoms with Crippen LogP contribution in [0, 0.1) is 0 Å². The minimum atomic E-state index is -4.62. The second-order valence-electron chi connectivity index (χ2n) is 11.8. The number of benzene rings is 1. The lowest BCUT2D eigenvalue weighted by atomic mass is 10.0. The van der Waals surface area contributed by atoms with E-state index in [4.69, 9.17) is 5.10 Å². The summed E-state index contributed by atoms with van der Waals surface area (Å²) in [6.07, 6.45) is -0.803. The van der Waals surface area contributed by atoms with Gasteiger partial charge in [-0.3, -0.25) is 9.58 Å². The highest BCUT2D eigenvalue weighted by atomic mass is 32.2. The summed E-state index contributed by atoms with van der Waals surface area (Å²) < 4.78 is 96.8. The van der Waals surface area contributed by atoms with Crippen molar-refractivity contribution in [2.24, 2.45) is 0 Å². The van der Waals surface area contributed by atoms with Crippen molar-refractivity contribution in [3.63, 3.8) is 0 Å². The summed E-state index contributed by atoms with van der Waals surface area (Å²) in [5.41, 5.74) is 1.33. The van der Waals surface area contributed by atoms with Crippen LogP contribution in [0.1, 0.15) is 42.5 Å². The number of aliphatic hydroxyl groups excluding tert-OH is 1. The summed E-state index contributed by atoms with van der Waals surface area (Å²) >= 11 is 0.956. The summed E-state index contributed by atoms with van der Waals surface area (Å²) in [5, 5.41) is 15.7. The van der Waals surface area contributed by atoms with E-state index in [1.807, 2.05) is 0 Å². The third kappa shape index (κ3) is 8.09. The van der Waals surface area contributed by atoms with Gasteiger partial charge in [0.05, 0.1) is 36.7 Å². The Hall–Kier alpha value is -1.78. The molecule has 43 heavy (non-hydrogen) atoms. The number of aliphatic hydroxyl groups is 1. The van der Waals surface area contributed by atoms with Gasteiger partial charge in [-0.2, -0.15) is 22.6 Å². The fourth-order valence-corrected chi connectivity index (χ4v) is 8.04. The third-order valence-corrected chi connectivity index (χ3v) is 10.6. The minimum Gasteiger partial charge on any atom is -0.390 e. The van der Waals surface area contributed by atoms with Crippen molar-refractivity contribution < 1.29 is 35.5 Å². The molecule has 0 aliphatic carbocycles. The van der Waals surface area contributed by atoms with Gasteiger partial charge in [0, 0.05) is 73.0 Å². The van der Waals surface area contributed by atoms with E-state index in [0.29, 0.717) is 29.8 Å². The van der Waals surface area contributed by atoms with Crippen LogP contribution in [0.3, 0.4) is 0 Å². The molecule has 0 spiro atoms. The second-order valence-corrected chi connectivity index (χ2v) is 14.9. The van der Waals surface area contributed by atoms with Gasteiger partial charge in [-0.1, -0.05) is 12.5 Å². The molecule has 2 saturated heterocycles. The van der Waals surface area contributed by atoms with Crippen molar-refractivity contribution >= 4 is 21.8 Å². The SMILES string of the molecule is CS(=O)(=O)N1CCc2c(c(-c3ccc(C(F)(F)F)c(SCCN4CCC(F)(F)C4)c3)nn2CC(O)CN2CCCCC2)C1. The molecule has 1 atom stereocenters. The zero-order chi connectivity index (χ0) is 31.0. The highest BCUT2D eigenvalue weighted by Gasteiger charge is 2.38. The molecule has 1 aromatic carbocycles. The monoisotopic (exact) mass is 651 g/mol. The quantitative estimate of drug-likeness (QED) is 0.305. The van der Waals surface area contributed by atoms with Gasteiger partial charge in [-0.05, 0) is 38.1 Å². The number of sulfonamides is 1. The molecule has 15 heteroatoms. The molecule has 8 nitrogen and oxygen atoms in total. The first-order valence-corrected chi connectivity index (χ1v) is 17.4. The van der Waals surface area contributed by atoms with E-state index in [0.717, 1.165) is 55.7 Å². The van der Waals surface area contributed by atoms with E-state index in [1.165, 1.54) is 22.9 Å². The number of β-amino-alcohol motifs (C(OH)–C–C–N with tert-alkyl or cyclic N) is 1.